The number of nitrogen functional groups attached to an aromatic ring is 1. The molecule has 0 unspecified atom stereocenters. The number of hydrogen-bond donors (Lipinski definition) is 2. The maximum atomic E-state index is 7.42. The second kappa shape index (κ2) is 4.86. The summed E-state index contributed by atoms with van der Waals surface area (Å²) in [7, 11) is 0. The first kappa shape index (κ1) is 12.5. The van der Waals surface area contributed by atoms with Crippen molar-refractivity contribution in [2.24, 2.45) is 5.73 Å². The second-order valence-electron chi connectivity index (χ2n) is 4.24. The first-order valence-corrected chi connectivity index (χ1v) is 6.24. The third-order valence-corrected chi connectivity index (χ3v) is 3.19. The molecule has 0 saturated heterocycles. The quantitative estimate of drug-likeness (QED) is 0.559. The van der Waals surface area contributed by atoms with Crippen LogP contribution in [0.3, 0.4) is 0 Å². The van der Waals surface area contributed by atoms with E-state index in [2.05, 4.69) is 15.0 Å². The van der Waals surface area contributed by atoms with Gasteiger partial charge in [0.2, 0.25) is 0 Å². The largest absolute Gasteiger partial charge is 0.382 e. The summed E-state index contributed by atoms with van der Waals surface area (Å²) in [5.41, 5.74) is 8.07. The smallest absolute Gasteiger partial charge is 0.141 e. The van der Waals surface area contributed by atoms with E-state index in [-0.39, 0.29) is 5.84 Å². The number of pyridine rings is 1. The summed E-state index contributed by atoms with van der Waals surface area (Å²) < 4.78 is 0. The van der Waals surface area contributed by atoms with Gasteiger partial charge in [-0.3, -0.25) is 10.4 Å². The van der Waals surface area contributed by atoms with Crippen molar-refractivity contribution in [3.63, 3.8) is 0 Å². The fourth-order valence-electron chi connectivity index (χ4n) is 1.96. The fraction of sp³-hybridized carbons (Fsp3) is 0. The molecule has 3 aromatic rings. The molecule has 0 atom stereocenters. The van der Waals surface area contributed by atoms with E-state index >= 15 is 0 Å². The van der Waals surface area contributed by atoms with Crippen LogP contribution >= 0.6 is 11.6 Å². The molecule has 0 saturated carbocycles. The molecular formula is C14H10ClN5. The fourth-order valence-corrected chi connectivity index (χ4v) is 2.23. The first-order valence-electron chi connectivity index (χ1n) is 5.86. The minimum absolute atomic E-state index is 0.0952. The lowest BCUT2D eigenvalue weighted by atomic mass is 10.1. The highest BCUT2D eigenvalue weighted by molar-refractivity contribution is 6.35. The van der Waals surface area contributed by atoms with Crippen molar-refractivity contribution in [1.29, 1.82) is 5.41 Å². The van der Waals surface area contributed by atoms with Gasteiger partial charge >= 0.3 is 0 Å². The Morgan fingerprint density at radius 3 is 2.80 bits per heavy atom. The lowest BCUT2D eigenvalue weighted by Gasteiger charge is -2.06. The Bertz CT molecular complexity index is 816. The average Bonchev–Trinajstić information content (AvgIpc) is 2.47. The predicted octanol–water partition coefficient (Wildman–Crippen LogP) is 2.63. The molecule has 98 valence electrons. The van der Waals surface area contributed by atoms with Gasteiger partial charge in [0.1, 0.15) is 17.9 Å². The van der Waals surface area contributed by atoms with Crippen molar-refractivity contribution in [1.82, 2.24) is 15.0 Å². The lowest BCUT2D eigenvalue weighted by Crippen LogP contribution is -2.13. The zero-order valence-electron chi connectivity index (χ0n) is 10.3. The van der Waals surface area contributed by atoms with Crippen molar-refractivity contribution < 1.29 is 0 Å². The zero-order chi connectivity index (χ0) is 14.1. The monoisotopic (exact) mass is 283 g/mol. The summed E-state index contributed by atoms with van der Waals surface area (Å²) >= 11 is 6.24. The molecule has 0 radical (unpaired) electrons. The van der Waals surface area contributed by atoms with Gasteiger partial charge in [-0.05, 0) is 24.3 Å². The molecular weight excluding hydrogens is 274 g/mol. The Morgan fingerprint density at radius 2 is 2.00 bits per heavy atom. The predicted molar refractivity (Wildman–Crippen MR) is 78.8 cm³/mol. The maximum absolute atomic E-state index is 7.42. The topological polar surface area (TPSA) is 88.5 Å². The van der Waals surface area contributed by atoms with Crippen LogP contribution in [0.25, 0.3) is 22.2 Å². The van der Waals surface area contributed by atoms with Gasteiger partial charge in [0, 0.05) is 17.1 Å². The molecule has 0 aliphatic rings. The molecule has 2 heterocycles. The van der Waals surface area contributed by atoms with Crippen molar-refractivity contribution in [3.8, 4) is 11.3 Å². The van der Waals surface area contributed by atoms with Gasteiger partial charge in [0.15, 0.2) is 0 Å². The van der Waals surface area contributed by atoms with Gasteiger partial charge in [0.05, 0.1) is 16.2 Å². The number of aromatic nitrogens is 3. The Labute approximate surface area is 120 Å². The minimum atomic E-state index is -0.0952. The van der Waals surface area contributed by atoms with E-state index in [4.69, 9.17) is 22.7 Å². The van der Waals surface area contributed by atoms with Crippen LogP contribution < -0.4 is 5.73 Å². The molecule has 20 heavy (non-hydrogen) atoms. The number of amidine groups is 1. The van der Waals surface area contributed by atoms with E-state index in [1.54, 1.807) is 18.3 Å². The standard InChI is InChI=1S/C14H10ClN5/c15-10-5-9(4-8-2-1-3-18-13(8)10)11-6-12(14(16)17)20-7-19-11/h1-7H,(H3,16,17). The molecule has 1 aromatic carbocycles. The van der Waals surface area contributed by atoms with Crippen molar-refractivity contribution >= 4 is 28.3 Å². The Kier molecular flexibility index (Phi) is 3.04. The van der Waals surface area contributed by atoms with Crippen molar-refractivity contribution in [2.75, 3.05) is 0 Å². The minimum Gasteiger partial charge on any atom is -0.382 e. The number of rotatable bonds is 2. The molecule has 6 heteroatoms. The van der Waals surface area contributed by atoms with Gasteiger partial charge in [0.25, 0.3) is 0 Å². The number of halogens is 1. The number of nitrogens with one attached hydrogen (secondary N) is 1. The summed E-state index contributed by atoms with van der Waals surface area (Å²) in [6.45, 7) is 0. The van der Waals surface area contributed by atoms with Gasteiger partial charge in [-0.25, -0.2) is 9.97 Å². The highest BCUT2D eigenvalue weighted by Crippen LogP contribution is 2.28. The van der Waals surface area contributed by atoms with Gasteiger partial charge < -0.3 is 5.73 Å². The third-order valence-electron chi connectivity index (χ3n) is 2.90. The van der Waals surface area contributed by atoms with Crippen LogP contribution in [0.5, 0.6) is 0 Å². The highest BCUT2D eigenvalue weighted by atomic mass is 35.5. The number of nitrogens with zero attached hydrogens (tertiary/aromatic N) is 3. The number of fused-ring (bicyclic) bond motifs is 1. The van der Waals surface area contributed by atoms with E-state index in [0.717, 1.165) is 16.5 Å². The zero-order valence-corrected chi connectivity index (χ0v) is 11.1. The molecule has 0 spiro atoms. The first-order chi connectivity index (χ1) is 9.65. The van der Waals surface area contributed by atoms with Crippen LogP contribution in [-0.4, -0.2) is 20.8 Å². The molecule has 3 rings (SSSR count). The summed E-state index contributed by atoms with van der Waals surface area (Å²) in [6, 6.07) is 9.19. The van der Waals surface area contributed by atoms with E-state index < -0.39 is 0 Å². The van der Waals surface area contributed by atoms with Crippen LogP contribution in [0.4, 0.5) is 0 Å². The summed E-state index contributed by atoms with van der Waals surface area (Å²) in [5.74, 6) is -0.0952. The molecule has 5 nitrogen and oxygen atoms in total. The molecule has 3 N–H and O–H groups in total. The normalized spacial score (nSPS) is 10.7. The second-order valence-corrected chi connectivity index (χ2v) is 4.64. The SMILES string of the molecule is N=C(N)c1cc(-c2cc(Cl)c3ncccc3c2)ncn1. The Balaban J connectivity index is 2.19. The van der Waals surface area contributed by atoms with Crippen molar-refractivity contribution in [3.05, 3.63) is 53.6 Å². The van der Waals surface area contributed by atoms with Crippen LogP contribution in [0.2, 0.25) is 5.02 Å². The summed E-state index contributed by atoms with van der Waals surface area (Å²) in [5, 5.41) is 8.90. The Morgan fingerprint density at radius 1 is 1.15 bits per heavy atom. The summed E-state index contributed by atoms with van der Waals surface area (Å²) in [4.78, 5) is 12.4. The van der Waals surface area contributed by atoms with E-state index in [1.165, 1.54) is 6.33 Å². The molecule has 0 aliphatic carbocycles. The van der Waals surface area contributed by atoms with Crippen LogP contribution in [0.15, 0.2) is 42.9 Å². The number of benzene rings is 1. The highest BCUT2D eigenvalue weighted by Gasteiger charge is 2.08. The van der Waals surface area contributed by atoms with Crippen LogP contribution in [0, 0.1) is 5.41 Å². The lowest BCUT2D eigenvalue weighted by molar-refractivity contribution is 1.14. The molecule has 0 fully saturated rings. The maximum Gasteiger partial charge on any atom is 0.141 e. The van der Waals surface area contributed by atoms with Crippen LogP contribution in [0.1, 0.15) is 5.69 Å². The van der Waals surface area contributed by atoms with Gasteiger partial charge in [-0.15, -0.1) is 0 Å². The van der Waals surface area contributed by atoms with Gasteiger partial charge in [-0.1, -0.05) is 17.7 Å². The average molecular weight is 284 g/mol. The Hall–Kier alpha value is -2.53. The molecule has 0 aliphatic heterocycles. The van der Waals surface area contributed by atoms with Gasteiger partial charge in [-0.2, -0.15) is 0 Å². The van der Waals surface area contributed by atoms with Crippen LogP contribution in [-0.2, 0) is 0 Å². The van der Waals surface area contributed by atoms with E-state index in [1.807, 2.05) is 18.2 Å². The van der Waals surface area contributed by atoms with E-state index in [0.29, 0.717) is 16.4 Å². The third kappa shape index (κ3) is 2.19. The number of nitrogens with two attached hydrogens (primary N) is 1. The van der Waals surface area contributed by atoms with E-state index in [9.17, 15) is 0 Å². The molecule has 0 bridgehead atoms. The molecule has 2 aromatic heterocycles. The van der Waals surface area contributed by atoms with Crippen molar-refractivity contribution in [2.45, 2.75) is 0 Å². The molecule has 0 amide bonds. The summed E-state index contributed by atoms with van der Waals surface area (Å²) in [6.07, 6.45) is 3.08. The number of hydrogen-bond acceptors (Lipinski definition) is 4.